The number of urea groups is 1. The molecule has 0 unspecified atom stereocenters. The van der Waals surface area contributed by atoms with Crippen LogP contribution in [0.5, 0.6) is 0 Å². The summed E-state index contributed by atoms with van der Waals surface area (Å²) in [6, 6.07) is 7.86. The van der Waals surface area contributed by atoms with Crippen molar-refractivity contribution in [2.75, 3.05) is 29.1 Å². The maximum atomic E-state index is 12.9. The molecular formula is C18H21N5O4. The Morgan fingerprint density at radius 1 is 1.41 bits per heavy atom. The van der Waals surface area contributed by atoms with Crippen LogP contribution in [0, 0.1) is 6.92 Å². The Morgan fingerprint density at radius 3 is 2.85 bits per heavy atom. The summed E-state index contributed by atoms with van der Waals surface area (Å²) in [5.41, 5.74) is 1.19. The van der Waals surface area contributed by atoms with Gasteiger partial charge in [-0.05, 0) is 26.0 Å². The largest absolute Gasteiger partial charge is 0.360 e. The molecule has 0 radical (unpaired) electrons. The van der Waals surface area contributed by atoms with E-state index >= 15 is 0 Å². The molecule has 4 amide bonds. The van der Waals surface area contributed by atoms with Crippen LogP contribution in [0.1, 0.15) is 19.1 Å². The minimum atomic E-state index is -0.485. The van der Waals surface area contributed by atoms with Crippen molar-refractivity contribution in [1.82, 2.24) is 10.1 Å². The SMILES string of the molecule is Cc1cc(NC(=O)N(C)CC(=O)N2c3ccccc3NC(=O)C[C@@H]2C)no1. The molecule has 1 atom stereocenters. The molecule has 0 fully saturated rings. The number of nitrogens with zero attached hydrogens (tertiary/aromatic N) is 3. The third-order valence-electron chi connectivity index (χ3n) is 4.21. The Bertz CT molecular complexity index is 878. The van der Waals surface area contributed by atoms with Crippen LogP contribution in [-0.2, 0) is 9.59 Å². The lowest BCUT2D eigenvalue weighted by atomic mass is 10.1. The number of benzene rings is 1. The molecule has 1 aromatic carbocycles. The second kappa shape index (κ2) is 7.48. The molecular weight excluding hydrogens is 350 g/mol. The first-order chi connectivity index (χ1) is 12.8. The lowest BCUT2D eigenvalue weighted by Gasteiger charge is -2.29. The van der Waals surface area contributed by atoms with E-state index in [9.17, 15) is 14.4 Å². The summed E-state index contributed by atoms with van der Waals surface area (Å²) in [6.07, 6.45) is 0.175. The molecule has 0 bridgehead atoms. The monoisotopic (exact) mass is 371 g/mol. The Kier molecular flexibility index (Phi) is 5.11. The van der Waals surface area contributed by atoms with E-state index in [0.717, 1.165) is 0 Å². The van der Waals surface area contributed by atoms with Crippen molar-refractivity contribution in [2.45, 2.75) is 26.3 Å². The smallest absolute Gasteiger partial charge is 0.323 e. The summed E-state index contributed by atoms with van der Waals surface area (Å²) in [5, 5.41) is 9.06. The van der Waals surface area contributed by atoms with E-state index in [1.165, 1.54) is 11.9 Å². The van der Waals surface area contributed by atoms with E-state index in [4.69, 9.17) is 4.52 Å². The highest BCUT2D eigenvalue weighted by Crippen LogP contribution is 2.31. The van der Waals surface area contributed by atoms with Crippen LogP contribution in [0.3, 0.4) is 0 Å². The summed E-state index contributed by atoms with van der Waals surface area (Å²) in [5.74, 6) is 0.398. The van der Waals surface area contributed by atoms with Gasteiger partial charge in [-0.3, -0.25) is 14.9 Å². The summed E-state index contributed by atoms with van der Waals surface area (Å²) < 4.78 is 4.90. The Morgan fingerprint density at radius 2 is 2.15 bits per heavy atom. The van der Waals surface area contributed by atoms with E-state index in [1.54, 1.807) is 49.1 Å². The average Bonchev–Trinajstić information content (AvgIpc) is 2.95. The molecule has 2 N–H and O–H groups in total. The highest BCUT2D eigenvalue weighted by atomic mass is 16.5. The predicted octanol–water partition coefficient (Wildman–Crippen LogP) is 2.21. The fourth-order valence-electron chi connectivity index (χ4n) is 2.95. The van der Waals surface area contributed by atoms with Crippen LogP contribution in [0.4, 0.5) is 22.0 Å². The minimum Gasteiger partial charge on any atom is -0.360 e. The highest BCUT2D eigenvalue weighted by molar-refractivity contribution is 6.05. The van der Waals surface area contributed by atoms with Gasteiger partial charge in [0, 0.05) is 25.6 Å². The van der Waals surface area contributed by atoms with Crippen molar-refractivity contribution < 1.29 is 18.9 Å². The van der Waals surface area contributed by atoms with Gasteiger partial charge < -0.3 is 19.6 Å². The van der Waals surface area contributed by atoms with Gasteiger partial charge in [0.15, 0.2) is 5.82 Å². The third-order valence-corrected chi connectivity index (χ3v) is 4.21. The van der Waals surface area contributed by atoms with Gasteiger partial charge in [0.2, 0.25) is 11.8 Å². The van der Waals surface area contributed by atoms with Crippen LogP contribution >= 0.6 is 0 Å². The van der Waals surface area contributed by atoms with Crippen molar-refractivity contribution in [3.8, 4) is 0 Å². The van der Waals surface area contributed by atoms with E-state index < -0.39 is 6.03 Å². The molecule has 1 aromatic heterocycles. The van der Waals surface area contributed by atoms with Gasteiger partial charge in [0.25, 0.3) is 0 Å². The van der Waals surface area contributed by atoms with Crippen LogP contribution in [0.25, 0.3) is 0 Å². The van der Waals surface area contributed by atoms with Crippen LogP contribution in [-0.4, -0.2) is 47.5 Å². The number of hydrogen-bond donors (Lipinski definition) is 2. The fraction of sp³-hybridized carbons (Fsp3) is 0.333. The number of para-hydroxylation sites is 2. The van der Waals surface area contributed by atoms with Crippen molar-refractivity contribution >= 4 is 35.0 Å². The van der Waals surface area contributed by atoms with Gasteiger partial charge in [-0.2, -0.15) is 0 Å². The first-order valence-electron chi connectivity index (χ1n) is 8.51. The number of rotatable bonds is 3. The molecule has 142 valence electrons. The molecule has 0 saturated carbocycles. The number of amides is 4. The zero-order valence-electron chi connectivity index (χ0n) is 15.4. The number of aryl methyl sites for hydroxylation is 1. The maximum Gasteiger partial charge on any atom is 0.323 e. The lowest BCUT2D eigenvalue weighted by Crippen LogP contribution is -2.46. The normalized spacial score (nSPS) is 16.2. The van der Waals surface area contributed by atoms with Crippen LogP contribution in [0.15, 0.2) is 34.9 Å². The standard InChI is InChI=1S/C18H21N5O4/c1-11-8-16(24)19-13-6-4-5-7-14(13)23(11)17(25)10-22(3)18(26)20-15-9-12(2)27-21-15/h4-7,9,11H,8,10H2,1-3H3,(H,19,24)(H,20,21,26)/t11-/m0/s1. The van der Waals surface area contributed by atoms with Crippen LogP contribution < -0.4 is 15.5 Å². The quantitative estimate of drug-likeness (QED) is 0.860. The molecule has 0 saturated heterocycles. The molecule has 3 rings (SSSR count). The molecule has 9 heteroatoms. The van der Waals surface area contributed by atoms with Crippen molar-refractivity contribution in [3.63, 3.8) is 0 Å². The highest BCUT2D eigenvalue weighted by Gasteiger charge is 2.30. The van der Waals surface area contributed by atoms with E-state index in [1.807, 2.05) is 0 Å². The Hall–Kier alpha value is -3.36. The number of fused-ring (bicyclic) bond motifs is 1. The fourth-order valence-corrected chi connectivity index (χ4v) is 2.95. The predicted molar refractivity (Wildman–Crippen MR) is 99.5 cm³/mol. The number of likely N-dealkylation sites (N-methyl/N-ethyl adjacent to an activating group) is 1. The van der Waals surface area contributed by atoms with Crippen molar-refractivity contribution in [3.05, 3.63) is 36.1 Å². The Balaban J connectivity index is 1.74. The molecule has 1 aliphatic rings. The average molecular weight is 371 g/mol. The second-order valence-electron chi connectivity index (χ2n) is 6.49. The number of carbonyl (C=O) groups excluding carboxylic acids is 3. The van der Waals surface area contributed by atoms with Gasteiger partial charge in [-0.1, -0.05) is 17.3 Å². The third kappa shape index (κ3) is 4.08. The molecule has 2 aromatic rings. The molecule has 0 aliphatic carbocycles. The number of anilines is 3. The number of nitrogens with one attached hydrogen (secondary N) is 2. The summed E-state index contributed by atoms with van der Waals surface area (Å²) in [7, 11) is 1.51. The molecule has 2 heterocycles. The van der Waals surface area contributed by atoms with E-state index in [-0.39, 0.29) is 36.6 Å². The second-order valence-corrected chi connectivity index (χ2v) is 6.49. The van der Waals surface area contributed by atoms with Gasteiger partial charge in [0.1, 0.15) is 12.3 Å². The first kappa shape index (κ1) is 18.4. The zero-order valence-corrected chi connectivity index (χ0v) is 15.4. The topological polar surface area (TPSA) is 108 Å². The van der Waals surface area contributed by atoms with Crippen LogP contribution in [0.2, 0.25) is 0 Å². The van der Waals surface area contributed by atoms with Gasteiger partial charge in [0.05, 0.1) is 11.4 Å². The maximum absolute atomic E-state index is 12.9. The number of aromatic nitrogens is 1. The lowest BCUT2D eigenvalue weighted by molar-refractivity contribution is -0.119. The molecule has 27 heavy (non-hydrogen) atoms. The zero-order chi connectivity index (χ0) is 19.6. The summed E-state index contributed by atoms with van der Waals surface area (Å²) in [6.45, 7) is 3.36. The van der Waals surface area contributed by atoms with Crippen molar-refractivity contribution in [2.24, 2.45) is 0 Å². The van der Waals surface area contributed by atoms with E-state index in [2.05, 4.69) is 15.8 Å². The van der Waals surface area contributed by atoms with Gasteiger partial charge >= 0.3 is 6.03 Å². The van der Waals surface area contributed by atoms with Gasteiger partial charge in [-0.15, -0.1) is 0 Å². The Labute approximate surface area is 156 Å². The molecule has 0 spiro atoms. The van der Waals surface area contributed by atoms with Gasteiger partial charge in [-0.25, -0.2) is 4.79 Å². The van der Waals surface area contributed by atoms with Crippen molar-refractivity contribution in [1.29, 1.82) is 0 Å². The minimum absolute atomic E-state index is 0.155. The molecule has 1 aliphatic heterocycles. The summed E-state index contributed by atoms with van der Waals surface area (Å²) in [4.78, 5) is 40.0. The van der Waals surface area contributed by atoms with E-state index in [0.29, 0.717) is 17.1 Å². The first-order valence-corrected chi connectivity index (χ1v) is 8.51. The summed E-state index contributed by atoms with van der Waals surface area (Å²) >= 11 is 0. The number of hydrogen-bond acceptors (Lipinski definition) is 5. The number of carbonyl (C=O) groups is 3. The molecule has 9 nitrogen and oxygen atoms in total.